The third-order valence-electron chi connectivity index (χ3n) is 4.65. The van der Waals surface area contributed by atoms with Crippen molar-refractivity contribution in [2.75, 3.05) is 0 Å². The Balaban J connectivity index is 1.81. The largest absolute Gasteiger partial charge is 0.364 e. The first-order chi connectivity index (χ1) is 13.1. The van der Waals surface area contributed by atoms with E-state index in [4.69, 9.17) is 7.78 Å². The Morgan fingerprint density at radius 3 is 1.96 bits per heavy atom. The molecule has 0 aromatic heterocycles. The number of hydrogen-bond donors (Lipinski definition) is 1. The summed E-state index contributed by atoms with van der Waals surface area (Å²) in [6, 6.07) is 29.3. The van der Waals surface area contributed by atoms with Gasteiger partial charge in [-0.15, -0.1) is 0 Å². The van der Waals surface area contributed by atoms with Crippen LogP contribution < -0.4 is 5.31 Å². The van der Waals surface area contributed by atoms with E-state index in [9.17, 15) is 0 Å². The Morgan fingerprint density at radius 1 is 0.840 bits per heavy atom. The second-order valence-electron chi connectivity index (χ2n) is 6.28. The molecule has 1 aliphatic rings. The maximum atomic E-state index is 9.01. The van der Waals surface area contributed by atoms with Crippen molar-refractivity contribution in [1.29, 1.82) is 0 Å². The van der Waals surface area contributed by atoms with Crippen LogP contribution in [0.2, 0.25) is 1.41 Å². The molecule has 4 rings (SSSR count). The van der Waals surface area contributed by atoms with E-state index >= 15 is 0 Å². The lowest BCUT2D eigenvalue weighted by Crippen LogP contribution is -2.27. The van der Waals surface area contributed by atoms with Crippen molar-refractivity contribution in [2.45, 2.75) is 24.9 Å². The van der Waals surface area contributed by atoms with Crippen LogP contribution in [-0.2, 0) is 0 Å². The summed E-state index contributed by atoms with van der Waals surface area (Å²) >= 11 is 0. The van der Waals surface area contributed by atoms with Crippen molar-refractivity contribution in [3.8, 4) is 0 Å². The van der Waals surface area contributed by atoms with Crippen LogP contribution in [-0.4, -0.2) is 5.84 Å². The van der Waals surface area contributed by atoms with Crippen LogP contribution in [0.4, 0.5) is 0 Å². The van der Waals surface area contributed by atoms with Crippen LogP contribution >= 0.6 is 0 Å². The van der Waals surface area contributed by atoms with Gasteiger partial charge < -0.3 is 5.31 Å². The van der Waals surface area contributed by atoms with Crippen LogP contribution in [0.15, 0.2) is 96.0 Å². The first kappa shape index (κ1) is 13.4. The minimum Gasteiger partial charge on any atom is -0.364 e. The van der Waals surface area contributed by atoms with Gasteiger partial charge in [-0.25, -0.2) is 0 Å². The lowest BCUT2D eigenvalue weighted by molar-refractivity contribution is 0.571. The summed E-state index contributed by atoms with van der Waals surface area (Å²) in [4.78, 5) is 4.91. The predicted octanol–water partition coefficient (Wildman–Crippen LogP) is 5.27. The second-order valence-corrected chi connectivity index (χ2v) is 6.28. The number of amidine groups is 1. The zero-order chi connectivity index (χ0) is 18.9. The SMILES string of the molecule is [2H]N1C(C([2H])(C)c2ccccc2)=N[C@@H](c2ccccc2)[C@@H]1c1ccccc1. The molecule has 1 aliphatic heterocycles. The number of nitrogens with one attached hydrogen (secondary N) is 1. The van der Waals surface area contributed by atoms with E-state index in [2.05, 4.69) is 0 Å². The van der Waals surface area contributed by atoms with E-state index in [1.807, 2.05) is 97.9 Å². The average Bonchev–Trinajstić information content (AvgIpc) is 3.08. The Hall–Kier alpha value is -2.87. The van der Waals surface area contributed by atoms with Gasteiger partial charge in [-0.2, -0.15) is 0 Å². The molecule has 0 fully saturated rings. The van der Waals surface area contributed by atoms with E-state index in [1.54, 1.807) is 0 Å². The number of nitrogens with zero attached hydrogens (tertiary/aromatic N) is 1. The highest BCUT2D eigenvalue weighted by atomic mass is 15.1. The summed E-state index contributed by atoms with van der Waals surface area (Å²) < 4.78 is 17.9. The minimum absolute atomic E-state index is 0.213. The van der Waals surface area contributed by atoms with E-state index in [1.165, 1.54) is 5.31 Å². The Labute approximate surface area is 152 Å². The van der Waals surface area contributed by atoms with Crippen molar-refractivity contribution >= 4 is 5.84 Å². The molecule has 3 aromatic rings. The summed E-state index contributed by atoms with van der Waals surface area (Å²) in [6.45, 7) is 1.82. The highest BCUT2D eigenvalue weighted by Crippen LogP contribution is 2.38. The lowest BCUT2D eigenvalue weighted by Gasteiger charge is -2.20. The quantitative estimate of drug-likeness (QED) is 0.693. The first-order valence-electron chi connectivity index (χ1n) is 9.55. The molecular weight excluding hydrogens is 304 g/mol. The molecule has 0 spiro atoms. The smallest absolute Gasteiger partial charge is 0.162 e. The van der Waals surface area contributed by atoms with Gasteiger partial charge in [0.25, 0.3) is 0 Å². The fraction of sp³-hybridized carbons (Fsp3) is 0.174. The molecule has 124 valence electrons. The van der Waals surface area contributed by atoms with Gasteiger partial charge in [-0.05, 0) is 16.7 Å². The fourth-order valence-electron chi connectivity index (χ4n) is 3.26. The third kappa shape index (κ3) is 3.20. The Bertz CT molecular complexity index is 924. The summed E-state index contributed by atoms with van der Waals surface area (Å²) in [6.07, 6.45) is 0. The maximum absolute atomic E-state index is 9.01. The standard InChI is InChI=1S/C23H22N2/c1-17(18-11-5-2-6-12-18)23-24-21(19-13-7-3-8-14-19)22(25-23)20-15-9-4-10-16-20/h2-17,21-22H,1H3,(H,24,25)/t17?,21-,22-/m0/s1/i17D/hD. The minimum atomic E-state index is -1.10. The van der Waals surface area contributed by atoms with Crippen molar-refractivity contribution in [3.05, 3.63) is 108 Å². The molecule has 0 bridgehead atoms. The van der Waals surface area contributed by atoms with Crippen LogP contribution in [0, 0.1) is 0 Å². The first-order valence-corrected chi connectivity index (χ1v) is 8.61. The van der Waals surface area contributed by atoms with Gasteiger partial charge in [-0.1, -0.05) is 97.9 Å². The van der Waals surface area contributed by atoms with E-state index in [-0.39, 0.29) is 12.1 Å². The molecule has 2 heteroatoms. The Morgan fingerprint density at radius 2 is 1.36 bits per heavy atom. The second kappa shape index (κ2) is 6.94. The molecule has 0 aliphatic carbocycles. The number of aliphatic imine (C=N–C) groups is 1. The van der Waals surface area contributed by atoms with Gasteiger partial charge in [0.1, 0.15) is 11.9 Å². The summed E-state index contributed by atoms with van der Waals surface area (Å²) in [5.74, 6) is -0.629. The molecule has 0 radical (unpaired) electrons. The number of rotatable bonds is 4. The summed E-state index contributed by atoms with van der Waals surface area (Å²) in [5.41, 5.74) is 2.92. The number of hydrogen-bond acceptors (Lipinski definition) is 2. The van der Waals surface area contributed by atoms with Gasteiger partial charge in [0.2, 0.25) is 0 Å². The normalized spacial score (nSPS) is 23.4. The lowest BCUT2D eigenvalue weighted by atomic mass is 9.95. The van der Waals surface area contributed by atoms with Gasteiger partial charge in [-0.3, -0.25) is 4.99 Å². The third-order valence-corrected chi connectivity index (χ3v) is 4.65. The highest BCUT2D eigenvalue weighted by Gasteiger charge is 2.33. The molecule has 1 heterocycles. The van der Waals surface area contributed by atoms with Gasteiger partial charge in [0.15, 0.2) is 1.41 Å². The molecule has 3 atom stereocenters. The van der Waals surface area contributed by atoms with E-state index in [0.717, 1.165) is 16.7 Å². The van der Waals surface area contributed by atoms with E-state index < -0.39 is 5.89 Å². The molecule has 0 saturated heterocycles. The van der Waals surface area contributed by atoms with Crippen LogP contribution in [0.1, 0.15) is 43.0 Å². The zero-order valence-electron chi connectivity index (χ0n) is 16.2. The van der Waals surface area contributed by atoms with Gasteiger partial charge in [0, 0.05) is 7.26 Å². The average molecular weight is 328 g/mol. The predicted molar refractivity (Wildman–Crippen MR) is 104 cm³/mol. The van der Waals surface area contributed by atoms with Gasteiger partial charge >= 0.3 is 0 Å². The number of benzene rings is 3. The van der Waals surface area contributed by atoms with E-state index in [0.29, 0.717) is 5.84 Å². The zero-order valence-corrected chi connectivity index (χ0v) is 14.2. The summed E-state index contributed by atoms with van der Waals surface area (Å²) in [5, 5.41) is 1.44. The van der Waals surface area contributed by atoms with Crippen LogP contribution in [0.5, 0.6) is 0 Å². The van der Waals surface area contributed by atoms with Crippen molar-refractivity contribution in [1.82, 2.24) is 5.31 Å². The Kier molecular flexibility index (Phi) is 3.73. The molecule has 1 N–H and O–H groups in total. The van der Waals surface area contributed by atoms with Crippen LogP contribution in [0.25, 0.3) is 0 Å². The van der Waals surface area contributed by atoms with Crippen LogP contribution in [0.3, 0.4) is 0 Å². The van der Waals surface area contributed by atoms with Gasteiger partial charge in [0.05, 0.1) is 6.04 Å². The molecule has 2 nitrogen and oxygen atoms in total. The topological polar surface area (TPSA) is 24.4 Å². The fourth-order valence-corrected chi connectivity index (χ4v) is 3.26. The molecule has 0 saturated carbocycles. The molecule has 1 unspecified atom stereocenters. The molecule has 0 amide bonds. The van der Waals surface area contributed by atoms with Crippen molar-refractivity contribution < 1.29 is 2.78 Å². The monoisotopic (exact) mass is 328 g/mol. The van der Waals surface area contributed by atoms with Crippen molar-refractivity contribution in [2.24, 2.45) is 4.99 Å². The van der Waals surface area contributed by atoms with Crippen molar-refractivity contribution in [3.63, 3.8) is 0 Å². The molecular formula is C23H22N2. The molecule has 25 heavy (non-hydrogen) atoms. The summed E-state index contributed by atoms with van der Waals surface area (Å²) in [7, 11) is 0. The highest BCUT2D eigenvalue weighted by molar-refractivity contribution is 5.91. The maximum Gasteiger partial charge on any atom is 0.162 e. The molecule has 3 aromatic carbocycles.